The highest BCUT2D eigenvalue weighted by atomic mass is 32.2. The van der Waals surface area contributed by atoms with E-state index in [9.17, 15) is 18.1 Å². The van der Waals surface area contributed by atoms with E-state index in [1.165, 1.54) is 17.0 Å². The van der Waals surface area contributed by atoms with Crippen LogP contribution in [0.25, 0.3) is 21.8 Å². The number of aryl methyl sites for hydroxylation is 1. The highest BCUT2D eigenvalue weighted by molar-refractivity contribution is 7.85. The van der Waals surface area contributed by atoms with Crippen LogP contribution in [0.15, 0.2) is 71.6 Å². The van der Waals surface area contributed by atoms with E-state index < -0.39 is 10.1 Å². The first kappa shape index (κ1) is 21.9. The van der Waals surface area contributed by atoms with E-state index in [1.807, 2.05) is 25.1 Å². The number of aliphatic hydroxyl groups excluding tert-OH is 1. The predicted octanol–water partition coefficient (Wildman–Crippen LogP) is 2.56. The number of para-hydroxylation sites is 1. The Labute approximate surface area is 176 Å². The molecule has 156 valence electrons. The molecule has 0 spiro atoms. The number of nitrogens with zero attached hydrogens (tertiary/aromatic N) is 1. The Morgan fingerprint density at radius 2 is 1.63 bits per heavy atom. The fraction of sp³-hybridized carbons (Fsp3) is 0.174. The van der Waals surface area contributed by atoms with Crippen LogP contribution in [-0.4, -0.2) is 37.2 Å². The van der Waals surface area contributed by atoms with Gasteiger partial charge in [0.15, 0.2) is 0 Å². The standard InChI is InChI=1S/C16H16N2O.C7H8O3S/c1-18(2)15-8-7-12-9-11-5-3-4-6-14(11)17-16(12)13(15)10-19;1-6-2-4-7(5-3-6)11(8,9)10/h3-9,19H,10H2,1-2H3;2-5H,1H3,(H,8,9,10). The monoisotopic (exact) mass is 424 g/mol. The minimum absolute atomic E-state index is 0.0171. The second kappa shape index (κ2) is 8.89. The minimum Gasteiger partial charge on any atom is -0.744 e. The van der Waals surface area contributed by atoms with Gasteiger partial charge in [-0.15, -0.1) is 0 Å². The molecule has 0 saturated heterocycles. The van der Waals surface area contributed by atoms with E-state index in [0.717, 1.165) is 38.6 Å². The molecule has 0 aliphatic carbocycles. The highest BCUT2D eigenvalue weighted by Crippen LogP contribution is 2.26. The summed E-state index contributed by atoms with van der Waals surface area (Å²) < 4.78 is 31.2. The van der Waals surface area contributed by atoms with Crippen molar-refractivity contribution in [2.45, 2.75) is 18.4 Å². The number of quaternary nitrogens is 1. The molecule has 0 saturated carbocycles. The van der Waals surface area contributed by atoms with Gasteiger partial charge in [-0.3, -0.25) is 0 Å². The molecule has 4 rings (SSSR count). The summed E-state index contributed by atoms with van der Waals surface area (Å²) in [5.74, 6) is 0. The van der Waals surface area contributed by atoms with Crippen molar-refractivity contribution in [2.75, 3.05) is 14.1 Å². The van der Waals surface area contributed by atoms with Crippen molar-refractivity contribution in [3.63, 3.8) is 0 Å². The third-order valence-corrected chi connectivity index (χ3v) is 5.65. The van der Waals surface area contributed by atoms with Gasteiger partial charge < -0.3 is 14.6 Å². The van der Waals surface area contributed by atoms with Crippen LogP contribution in [0.3, 0.4) is 0 Å². The van der Waals surface area contributed by atoms with E-state index in [2.05, 4.69) is 38.4 Å². The van der Waals surface area contributed by atoms with Gasteiger partial charge in [-0.25, -0.2) is 13.4 Å². The molecule has 0 unspecified atom stereocenters. The Morgan fingerprint density at radius 1 is 0.967 bits per heavy atom. The zero-order valence-electron chi connectivity index (χ0n) is 17.1. The summed E-state index contributed by atoms with van der Waals surface area (Å²) in [5, 5.41) is 11.9. The van der Waals surface area contributed by atoms with Crippen LogP contribution in [0.2, 0.25) is 0 Å². The normalized spacial score (nSPS) is 11.5. The smallest absolute Gasteiger partial charge is 0.138 e. The molecular formula is C23H24N2O4S. The summed E-state index contributed by atoms with van der Waals surface area (Å²) in [6, 6.07) is 20.1. The van der Waals surface area contributed by atoms with E-state index in [-0.39, 0.29) is 11.5 Å². The summed E-state index contributed by atoms with van der Waals surface area (Å²) in [4.78, 5) is 5.74. The third-order valence-electron chi connectivity index (χ3n) is 4.80. The summed E-state index contributed by atoms with van der Waals surface area (Å²) in [6.07, 6.45) is 0. The maximum absolute atomic E-state index is 10.4. The average Bonchev–Trinajstić information content (AvgIpc) is 2.71. The Balaban J connectivity index is 0.000000199. The molecule has 0 amide bonds. The van der Waals surface area contributed by atoms with Crippen LogP contribution in [0.4, 0.5) is 5.69 Å². The molecule has 1 aromatic heterocycles. The molecule has 4 aromatic rings. The Kier molecular flexibility index (Phi) is 6.48. The van der Waals surface area contributed by atoms with E-state index >= 15 is 0 Å². The first-order chi connectivity index (χ1) is 14.2. The lowest BCUT2D eigenvalue weighted by atomic mass is 10.0. The van der Waals surface area contributed by atoms with E-state index in [0.29, 0.717) is 0 Å². The van der Waals surface area contributed by atoms with Crippen molar-refractivity contribution in [3.05, 3.63) is 77.9 Å². The molecule has 2 N–H and O–H groups in total. The molecule has 6 nitrogen and oxygen atoms in total. The summed E-state index contributed by atoms with van der Waals surface area (Å²) >= 11 is 0. The van der Waals surface area contributed by atoms with Crippen LogP contribution in [0.5, 0.6) is 0 Å². The van der Waals surface area contributed by atoms with Crippen molar-refractivity contribution >= 4 is 37.6 Å². The second-order valence-electron chi connectivity index (χ2n) is 7.27. The van der Waals surface area contributed by atoms with Gasteiger partial charge in [0.25, 0.3) is 0 Å². The number of fused-ring (bicyclic) bond motifs is 2. The number of rotatable bonds is 3. The van der Waals surface area contributed by atoms with E-state index in [4.69, 9.17) is 4.98 Å². The van der Waals surface area contributed by atoms with Crippen LogP contribution < -0.4 is 4.90 Å². The highest BCUT2D eigenvalue weighted by Gasteiger charge is 2.14. The number of hydrogen-bond donors (Lipinski definition) is 2. The molecule has 0 aliphatic heterocycles. The van der Waals surface area contributed by atoms with Gasteiger partial charge in [-0.1, -0.05) is 35.9 Å². The molecule has 1 heterocycles. The molecule has 7 heteroatoms. The van der Waals surface area contributed by atoms with Crippen molar-refractivity contribution in [1.82, 2.24) is 4.98 Å². The minimum atomic E-state index is -4.27. The molecule has 0 bridgehead atoms. The Bertz CT molecular complexity index is 1280. The maximum Gasteiger partial charge on any atom is 0.138 e. The van der Waals surface area contributed by atoms with Crippen molar-refractivity contribution in [2.24, 2.45) is 0 Å². The molecule has 0 aliphatic rings. The lowest BCUT2D eigenvalue weighted by Crippen LogP contribution is -3.00. The second-order valence-corrected chi connectivity index (χ2v) is 8.65. The number of aliphatic hydroxyl groups is 1. The average molecular weight is 425 g/mol. The molecule has 30 heavy (non-hydrogen) atoms. The van der Waals surface area contributed by atoms with Gasteiger partial charge in [-0.2, -0.15) is 0 Å². The van der Waals surface area contributed by atoms with Crippen LogP contribution in [0, 0.1) is 6.92 Å². The fourth-order valence-electron chi connectivity index (χ4n) is 3.24. The molecule has 0 radical (unpaired) electrons. The van der Waals surface area contributed by atoms with Crippen LogP contribution in [-0.2, 0) is 16.7 Å². The summed E-state index contributed by atoms with van der Waals surface area (Å²) in [7, 11) is -0.156. The number of hydrogen-bond acceptors (Lipinski definition) is 5. The lowest BCUT2D eigenvalue weighted by molar-refractivity contribution is -0.786. The zero-order valence-corrected chi connectivity index (χ0v) is 17.9. The van der Waals surface area contributed by atoms with Crippen molar-refractivity contribution in [1.29, 1.82) is 0 Å². The summed E-state index contributed by atoms with van der Waals surface area (Å²) in [5.41, 5.74) is 4.81. The van der Waals surface area contributed by atoms with Gasteiger partial charge in [0, 0.05) is 16.8 Å². The summed E-state index contributed by atoms with van der Waals surface area (Å²) in [6.45, 7) is 1.84. The van der Waals surface area contributed by atoms with Crippen LogP contribution in [0.1, 0.15) is 11.1 Å². The number of nitrogens with one attached hydrogen (secondary N) is 1. The van der Waals surface area contributed by atoms with Gasteiger partial charge in [-0.05, 0) is 37.3 Å². The SMILES string of the molecule is C[NH+](C)c1ccc2cc3ccccc3nc2c1CO.Cc1ccc(S(=O)(=O)[O-])cc1. The topological polar surface area (TPSA) is 94.8 Å². The Hall–Kier alpha value is -2.84. The number of aromatic nitrogens is 1. The first-order valence-electron chi connectivity index (χ1n) is 9.46. The maximum atomic E-state index is 10.4. The van der Waals surface area contributed by atoms with Gasteiger partial charge in [0.05, 0.1) is 42.2 Å². The first-order valence-corrected chi connectivity index (χ1v) is 10.9. The van der Waals surface area contributed by atoms with Gasteiger partial charge >= 0.3 is 0 Å². The lowest BCUT2D eigenvalue weighted by Gasteiger charge is -2.13. The third kappa shape index (κ3) is 4.83. The quantitative estimate of drug-likeness (QED) is 0.389. The fourth-order valence-corrected chi connectivity index (χ4v) is 3.71. The van der Waals surface area contributed by atoms with Crippen LogP contribution >= 0.6 is 0 Å². The number of benzene rings is 3. The molecule has 3 aromatic carbocycles. The van der Waals surface area contributed by atoms with Gasteiger partial charge in [0.2, 0.25) is 0 Å². The van der Waals surface area contributed by atoms with Gasteiger partial charge in [0.1, 0.15) is 15.8 Å². The zero-order chi connectivity index (χ0) is 21.9. The molecular weight excluding hydrogens is 400 g/mol. The largest absolute Gasteiger partial charge is 0.744 e. The molecule has 0 atom stereocenters. The predicted molar refractivity (Wildman–Crippen MR) is 117 cm³/mol. The van der Waals surface area contributed by atoms with Crippen molar-refractivity contribution < 1.29 is 23.0 Å². The number of pyridine rings is 1. The Morgan fingerprint density at radius 3 is 2.23 bits per heavy atom. The molecule has 0 fully saturated rings. The van der Waals surface area contributed by atoms with E-state index in [1.54, 1.807) is 12.1 Å². The van der Waals surface area contributed by atoms with Crippen molar-refractivity contribution in [3.8, 4) is 0 Å².